The molecule has 0 spiro atoms. The number of rotatable bonds is 7. The molecule has 0 amide bonds. The zero-order chi connectivity index (χ0) is 34.3. The molecule has 0 N–H and O–H groups in total. The number of fused-ring (bicyclic) bond motifs is 5. The highest BCUT2D eigenvalue weighted by Gasteiger charge is 2.21. The van der Waals surface area contributed by atoms with Crippen molar-refractivity contribution in [2.45, 2.75) is 6.92 Å². The predicted octanol–water partition coefficient (Wildman–Crippen LogP) is 11.9. The average Bonchev–Trinajstić information content (AvgIpc) is 3.71. The third kappa shape index (κ3) is 5.32. The molecule has 3 aromatic heterocycles. The number of hydrogen-bond acceptors (Lipinski definition) is 4. The Morgan fingerprint density at radius 1 is 0.549 bits per heavy atom. The van der Waals surface area contributed by atoms with Gasteiger partial charge in [-0.15, -0.1) is 0 Å². The first kappa shape index (κ1) is 30.2. The van der Waals surface area contributed by atoms with E-state index in [-0.39, 0.29) is 0 Å². The van der Waals surface area contributed by atoms with Crippen molar-refractivity contribution in [2.24, 2.45) is 0 Å². The molecule has 242 valence electrons. The fourth-order valence-electron chi connectivity index (χ4n) is 6.96. The van der Waals surface area contributed by atoms with Gasteiger partial charge in [0.2, 0.25) is 0 Å². The third-order valence-corrected chi connectivity index (χ3v) is 9.38. The van der Waals surface area contributed by atoms with Gasteiger partial charge >= 0.3 is 0 Å². The minimum Gasteiger partial charge on any atom is -0.458 e. The van der Waals surface area contributed by atoms with Gasteiger partial charge in [0.1, 0.15) is 5.76 Å². The lowest BCUT2D eigenvalue weighted by molar-refractivity contribution is 0.579. The van der Waals surface area contributed by atoms with Crippen LogP contribution in [0.1, 0.15) is 11.3 Å². The lowest BCUT2D eigenvalue weighted by Crippen LogP contribution is -2.01. The lowest BCUT2D eigenvalue weighted by Gasteiger charge is -2.12. The van der Waals surface area contributed by atoms with Crippen molar-refractivity contribution in [3.8, 4) is 51.0 Å². The van der Waals surface area contributed by atoms with Crippen LogP contribution in [0.15, 0.2) is 169 Å². The summed E-state index contributed by atoms with van der Waals surface area (Å²) in [6.45, 7) is 5.90. The van der Waals surface area contributed by atoms with Crippen LogP contribution in [0.2, 0.25) is 0 Å². The van der Waals surface area contributed by atoms with Crippen molar-refractivity contribution in [3.63, 3.8) is 0 Å². The highest BCUT2D eigenvalue weighted by molar-refractivity contribution is 6.18. The largest absolute Gasteiger partial charge is 0.458 e. The van der Waals surface area contributed by atoms with Gasteiger partial charge in [-0.1, -0.05) is 146 Å². The summed E-state index contributed by atoms with van der Waals surface area (Å²) in [7, 11) is 0. The van der Waals surface area contributed by atoms with Crippen molar-refractivity contribution in [3.05, 3.63) is 176 Å². The lowest BCUT2D eigenvalue weighted by atomic mass is 10.0. The smallest absolute Gasteiger partial charge is 0.164 e. The Hall–Kier alpha value is -6.85. The van der Waals surface area contributed by atoms with Crippen LogP contribution in [-0.4, -0.2) is 19.5 Å². The highest BCUT2D eigenvalue weighted by atomic mass is 16.3. The van der Waals surface area contributed by atoms with Crippen LogP contribution >= 0.6 is 0 Å². The van der Waals surface area contributed by atoms with E-state index in [2.05, 4.69) is 96.1 Å². The van der Waals surface area contributed by atoms with Gasteiger partial charge in [0.25, 0.3) is 0 Å². The minimum atomic E-state index is 0.603. The normalized spacial score (nSPS) is 11.6. The van der Waals surface area contributed by atoms with Gasteiger partial charge in [-0.25, -0.2) is 15.0 Å². The van der Waals surface area contributed by atoms with E-state index in [0.717, 1.165) is 77.6 Å². The van der Waals surface area contributed by atoms with Gasteiger partial charge < -0.3 is 8.98 Å². The maximum absolute atomic E-state index is 6.62. The van der Waals surface area contributed by atoms with E-state index in [1.165, 1.54) is 0 Å². The van der Waals surface area contributed by atoms with E-state index >= 15 is 0 Å². The van der Waals surface area contributed by atoms with Crippen LogP contribution in [0.5, 0.6) is 0 Å². The van der Waals surface area contributed by atoms with Crippen molar-refractivity contribution >= 4 is 38.9 Å². The molecule has 0 saturated heterocycles. The highest BCUT2D eigenvalue weighted by Crippen LogP contribution is 2.41. The Balaban J connectivity index is 1.31. The number of furan rings is 1. The number of hydrogen-bond donors (Lipinski definition) is 0. The molecule has 6 aromatic carbocycles. The van der Waals surface area contributed by atoms with Crippen molar-refractivity contribution in [1.29, 1.82) is 0 Å². The van der Waals surface area contributed by atoms with Crippen LogP contribution in [0.25, 0.3) is 89.8 Å². The predicted molar refractivity (Wildman–Crippen MR) is 210 cm³/mol. The Labute approximate surface area is 295 Å². The number of nitrogens with zero attached hydrogens (tertiary/aromatic N) is 4. The molecule has 51 heavy (non-hydrogen) atoms. The van der Waals surface area contributed by atoms with Crippen molar-refractivity contribution in [2.75, 3.05) is 0 Å². The van der Waals surface area contributed by atoms with Crippen LogP contribution in [0.3, 0.4) is 0 Å². The fraction of sp³-hybridized carbons (Fsp3) is 0.0217. The van der Waals surface area contributed by atoms with Gasteiger partial charge in [0.15, 0.2) is 23.1 Å². The van der Waals surface area contributed by atoms with Gasteiger partial charge in [-0.3, -0.25) is 0 Å². The molecule has 9 rings (SSSR count). The second-order valence-corrected chi connectivity index (χ2v) is 12.5. The van der Waals surface area contributed by atoms with Crippen molar-refractivity contribution < 1.29 is 4.42 Å². The molecule has 0 unspecified atom stereocenters. The van der Waals surface area contributed by atoms with E-state index in [0.29, 0.717) is 17.5 Å². The summed E-state index contributed by atoms with van der Waals surface area (Å²) < 4.78 is 8.94. The molecule has 0 aliphatic rings. The monoisotopic (exact) mass is 656 g/mol. The summed E-state index contributed by atoms with van der Waals surface area (Å²) in [5.74, 6) is 2.72. The van der Waals surface area contributed by atoms with Crippen LogP contribution in [-0.2, 0) is 0 Å². The summed E-state index contributed by atoms with van der Waals surface area (Å²) in [4.78, 5) is 15.0. The third-order valence-electron chi connectivity index (χ3n) is 9.38. The minimum absolute atomic E-state index is 0.603. The molecule has 0 atom stereocenters. The van der Waals surface area contributed by atoms with Gasteiger partial charge in [-0.05, 0) is 42.3 Å². The maximum atomic E-state index is 6.62. The molecular weight excluding hydrogens is 625 g/mol. The SMILES string of the molecule is C=C/C=C\c1c(C)oc2c1ccc1c3ccc(-c4ccccc4)cc3n(-c3cccc(-c4nc(-c5ccccc5)nc(-c5ccccc5)n4)c3)c12. The topological polar surface area (TPSA) is 56.7 Å². The first-order valence-electron chi connectivity index (χ1n) is 17.0. The Morgan fingerprint density at radius 2 is 1.12 bits per heavy atom. The molecule has 0 saturated carbocycles. The zero-order valence-corrected chi connectivity index (χ0v) is 28.0. The standard InChI is InChI=1S/C46H32N4O/c1-3-4-23-37-30(2)51-43-40(37)27-26-39-38-25-24-34(31-15-8-5-9-16-31)29-41(38)50(42(39)43)36-22-14-21-35(28-36)46-48-44(32-17-10-6-11-18-32)47-45(49-46)33-19-12-7-13-20-33/h3-29H,1H2,2H3/b23-4-. The fourth-order valence-corrected chi connectivity index (χ4v) is 6.96. The van der Waals surface area contributed by atoms with E-state index in [1.807, 2.05) is 79.7 Å². The summed E-state index contributed by atoms with van der Waals surface area (Å²) in [6, 6.07) is 50.2. The molecule has 0 aliphatic carbocycles. The van der Waals surface area contributed by atoms with E-state index in [4.69, 9.17) is 19.4 Å². The Bertz CT molecular complexity index is 2700. The molecule has 5 heteroatoms. The number of aryl methyl sites for hydroxylation is 1. The Morgan fingerprint density at radius 3 is 1.76 bits per heavy atom. The summed E-state index contributed by atoms with van der Waals surface area (Å²) in [5, 5.41) is 3.32. The molecule has 3 heterocycles. The number of allylic oxidation sites excluding steroid dienone is 2. The summed E-state index contributed by atoms with van der Waals surface area (Å²) in [6.07, 6.45) is 5.81. The van der Waals surface area contributed by atoms with Gasteiger partial charge in [0.05, 0.1) is 11.0 Å². The molecule has 0 aliphatic heterocycles. The zero-order valence-electron chi connectivity index (χ0n) is 28.0. The number of aromatic nitrogens is 4. The van der Waals surface area contributed by atoms with Gasteiger partial charge in [0, 0.05) is 44.1 Å². The summed E-state index contributed by atoms with van der Waals surface area (Å²) >= 11 is 0. The first-order valence-corrected chi connectivity index (χ1v) is 17.0. The molecule has 0 bridgehead atoms. The molecule has 0 radical (unpaired) electrons. The van der Waals surface area contributed by atoms with Crippen LogP contribution in [0, 0.1) is 6.92 Å². The average molecular weight is 657 g/mol. The molecule has 9 aromatic rings. The van der Waals surface area contributed by atoms with Crippen LogP contribution < -0.4 is 0 Å². The number of benzene rings is 6. The van der Waals surface area contributed by atoms with E-state index in [9.17, 15) is 0 Å². The van der Waals surface area contributed by atoms with Gasteiger partial charge in [-0.2, -0.15) is 0 Å². The molecule has 0 fully saturated rings. The first-order chi connectivity index (χ1) is 25.2. The maximum Gasteiger partial charge on any atom is 0.164 e. The van der Waals surface area contributed by atoms with E-state index < -0.39 is 0 Å². The van der Waals surface area contributed by atoms with E-state index in [1.54, 1.807) is 6.08 Å². The molecular formula is C46H32N4O. The molecule has 5 nitrogen and oxygen atoms in total. The second-order valence-electron chi connectivity index (χ2n) is 12.5. The van der Waals surface area contributed by atoms with Crippen molar-refractivity contribution in [1.82, 2.24) is 19.5 Å². The quantitative estimate of drug-likeness (QED) is 0.160. The second kappa shape index (κ2) is 12.6. The summed E-state index contributed by atoms with van der Waals surface area (Å²) in [5.41, 5.74) is 10.0. The Kier molecular flexibility index (Phi) is 7.44. The van der Waals surface area contributed by atoms with Crippen LogP contribution in [0.4, 0.5) is 0 Å².